The van der Waals surface area contributed by atoms with E-state index in [2.05, 4.69) is 25.6 Å². The minimum atomic E-state index is -0.937. The molecule has 34 heavy (non-hydrogen) atoms. The Labute approximate surface area is 203 Å². The van der Waals surface area contributed by atoms with Crippen LogP contribution < -0.4 is 10.6 Å². The third-order valence-electron chi connectivity index (χ3n) is 5.51. The maximum absolute atomic E-state index is 11.6. The van der Waals surface area contributed by atoms with Crippen LogP contribution >= 0.6 is 11.3 Å². The van der Waals surface area contributed by atoms with Gasteiger partial charge in [-0.25, -0.2) is 19.7 Å². The summed E-state index contributed by atoms with van der Waals surface area (Å²) >= 11 is 1.55. The summed E-state index contributed by atoms with van der Waals surface area (Å²) in [6, 6.07) is 9.46. The van der Waals surface area contributed by atoms with Crippen LogP contribution in [0.25, 0.3) is 10.6 Å². The van der Waals surface area contributed by atoms with Crippen molar-refractivity contribution in [3.05, 3.63) is 48.3 Å². The maximum Gasteiger partial charge on any atom is 0.408 e. The number of carbonyl (C=O) groups is 1. The first kappa shape index (κ1) is 23.9. The number of nitrogens with one attached hydrogen (secondary N) is 2. The summed E-state index contributed by atoms with van der Waals surface area (Å²) in [5.41, 5.74) is 2.04. The third kappa shape index (κ3) is 6.21. The third-order valence-corrected chi connectivity index (χ3v) is 6.49. The summed E-state index contributed by atoms with van der Waals surface area (Å²) in [4.78, 5) is 27.4. The van der Waals surface area contributed by atoms with Gasteiger partial charge < -0.3 is 20.5 Å². The lowest BCUT2D eigenvalue weighted by Crippen LogP contribution is -2.44. The van der Waals surface area contributed by atoms with Gasteiger partial charge in [0.1, 0.15) is 0 Å². The number of carboxylic acid groups (broad SMARTS) is 1. The minimum Gasteiger partial charge on any atom is -0.465 e. The van der Waals surface area contributed by atoms with E-state index in [9.17, 15) is 9.90 Å². The summed E-state index contributed by atoms with van der Waals surface area (Å²) in [6.07, 6.45) is 5.05. The van der Waals surface area contributed by atoms with Gasteiger partial charge in [-0.15, -0.1) is 0 Å². The van der Waals surface area contributed by atoms with Crippen LogP contribution in [0.4, 0.5) is 21.6 Å². The van der Waals surface area contributed by atoms with E-state index < -0.39 is 11.6 Å². The second-order valence-electron chi connectivity index (χ2n) is 9.17. The highest BCUT2D eigenvalue weighted by Gasteiger charge is 2.26. The fourth-order valence-corrected chi connectivity index (χ4v) is 4.43. The summed E-state index contributed by atoms with van der Waals surface area (Å²) in [7, 11) is 0. The molecule has 1 unspecified atom stereocenters. The fraction of sp³-hybridized carbons (Fsp3) is 0.417. The van der Waals surface area contributed by atoms with E-state index in [1.54, 1.807) is 17.5 Å². The Hall–Kier alpha value is -3.24. The number of benzene rings is 1. The molecule has 180 valence electrons. The molecule has 9 nitrogen and oxygen atoms in total. The molecule has 10 heteroatoms. The van der Waals surface area contributed by atoms with Crippen molar-refractivity contribution in [3.63, 3.8) is 0 Å². The molecular weight excluding hydrogens is 452 g/mol. The Balaban J connectivity index is 1.38. The van der Waals surface area contributed by atoms with Crippen molar-refractivity contribution in [2.24, 2.45) is 0 Å². The number of rotatable bonds is 8. The topological polar surface area (TPSA) is 113 Å². The number of thiazole rings is 1. The molecular formula is C24H30N6O3S. The molecule has 2 aromatic heterocycles. The summed E-state index contributed by atoms with van der Waals surface area (Å²) in [6.45, 7) is 7.57. The van der Waals surface area contributed by atoms with Crippen LogP contribution in [0.1, 0.15) is 39.2 Å². The summed E-state index contributed by atoms with van der Waals surface area (Å²) in [5, 5.41) is 16.9. The number of amides is 1. The standard InChI is InChI=1S/C24H30N6O3S/c1-24(2,3)30(23(31)32)15-16-6-8-17(9-7-16)28-21-25-11-10-19(29-21)20-14-27-22(34-20)26-13-18-5-4-12-33-18/h6-11,14,18H,4-5,12-13,15H2,1-3H3,(H,26,27)(H,31,32)(H,25,28,29). The first-order chi connectivity index (χ1) is 16.3. The zero-order valence-corrected chi connectivity index (χ0v) is 20.4. The Morgan fingerprint density at radius 2 is 2.03 bits per heavy atom. The highest BCUT2D eigenvalue weighted by atomic mass is 32.1. The van der Waals surface area contributed by atoms with Crippen molar-refractivity contribution in [1.29, 1.82) is 0 Å². The number of nitrogens with zero attached hydrogens (tertiary/aromatic N) is 4. The molecule has 1 fully saturated rings. The highest BCUT2D eigenvalue weighted by Crippen LogP contribution is 2.29. The minimum absolute atomic E-state index is 0.259. The van der Waals surface area contributed by atoms with Gasteiger partial charge >= 0.3 is 6.09 Å². The quantitative estimate of drug-likeness (QED) is 0.401. The first-order valence-corrected chi connectivity index (χ1v) is 12.1. The lowest BCUT2D eigenvalue weighted by molar-refractivity contribution is 0.0955. The van der Waals surface area contributed by atoms with Gasteiger partial charge in [-0.05, 0) is 57.4 Å². The molecule has 1 aliphatic heterocycles. The van der Waals surface area contributed by atoms with Crippen molar-refractivity contribution >= 4 is 34.2 Å². The Morgan fingerprint density at radius 3 is 2.71 bits per heavy atom. The molecule has 3 aromatic rings. The van der Waals surface area contributed by atoms with Gasteiger partial charge in [0, 0.05) is 43.3 Å². The highest BCUT2D eigenvalue weighted by molar-refractivity contribution is 7.18. The maximum atomic E-state index is 11.6. The molecule has 3 heterocycles. The number of hydrogen-bond acceptors (Lipinski definition) is 8. The van der Waals surface area contributed by atoms with E-state index >= 15 is 0 Å². The van der Waals surface area contributed by atoms with Crippen molar-refractivity contribution in [3.8, 4) is 10.6 Å². The van der Waals surface area contributed by atoms with Gasteiger partial charge in [-0.2, -0.15) is 0 Å². The number of ether oxygens (including phenoxy) is 1. The predicted molar refractivity (Wildman–Crippen MR) is 134 cm³/mol. The molecule has 0 saturated carbocycles. The van der Waals surface area contributed by atoms with Crippen LogP contribution in [0.15, 0.2) is 42.7 Å². The average molecular weight is 483 g/mol. The second kappa shape index (κ2) is 10.4. The Kier molecular flexibility index (Phi) is 7.28. The molecule has 0 spiro atoms. The molecule has 1 aliphatic rings. The zero-order valence-electron chi connectivity index (χ0n) is 19.6. The van der Waals surface area contributed by atoms with E-state index in [0.717, 1.165) is 52.9 Å². The van der Waals surface area contributed by atoms with Crippen molar-refractivity contribution in [2.75, 3.05) is 23.8 Å². The average Bonchev–Trinajstić information content (AvgIpc) is 3.48. The van der Waals surface area contributed by atoms with Crippen molar-refractivity contribution < 1.29 is 14.6 Å². The fourth-order valence-electron chi connectivity index (χ4n) is 3.63. The summed E-state index contributed by atoms with van der Waals surface area (Å²) < 4.78 is 5.65. The van der Waals surface area contributed by atoms with Gasteiger partial charge in [-0.1, -0.05) is 23.5 Å². The molecule has 1 aromatic carbocycles. The SMILES string of the molecule is CC(C)(C)N(Cc1ccc(Nc2nccc(-c3cnc(NCC4CCCO4)s3)n2)cc1)C(=O)O. The first-order valence-electron chi connectivity index (χ1n) is 11.3. The van der Waals surface area contributed by atoms with Crippen LogP contribution in [0, 0.1) is 0 Å². The largest absolute Gasteiger partial charge is 0.465 e. The van der Waals surface area contributed by atoms with E-state index in [-0.39, 0.29) is 6.10 Å². The van der Waals surface area contributed by atoms with Crippen LogP contribution in [0.5, 0.6) is 0 Å². The number of anilines is 3. The van der Waals surface area contributed by atoms with Gasteiger partial charge in [0.2, 0.25) is 5.95 Å². The van der Waals surface area contributed by atoms with Crippen molar-refractivity contribution in [2.45, 2.75) is 51.8 Å². The predicted octanol–water partition coefficient (Wildman–Crippen LogP) is 5.21. The van der Waals surface area contributed by atoms with Crippen molar-refractivity contribution in [1.82, 2.24) is 19.9 Å². The molecule has 0 aliphatic carbocycles. The Bertz CT molecular complexity index is 1110. The lowest BCUT2D eigenvalue weighted by Gasteiger charge is -2.33. The van der Waals surface area contributed by atoms with Gasteiger partial charge in [0.25, 0.3) is 0 Å². The summed E-state index contributed by atoms with van der Waals surface area (Å²) in [5.74, 6) is 0.481. The van der Waals surface area contributed by atoms with E-state index in [1.807, 2.05) is 57.3 Å². The smallest absolute Gasteiger partial charge is 0.408 e. The molecule has 3 N–H and O–H groups in total. The normalized spacial score (nSPS) is 15.8. The number of hydrogen-bond donors (Lipinski definition) is 3. The molecule has 0 radical (unpaired) electrons. The van der Waals surface area contributed by atoms with Crippen LogP contribution in [0.3, 0.4) is 0 Å². The van der Waals surface area contributed by atoms with Gasteiger partial charge in [0.05, 0.1) is 16.7 Å². The van der Waals surface area contributed by atoms with Crippen LogP contribution in [-0.2, 0) is 11.3 Å². The molecule has 1 atom stereocenters. The zero-order chi connectivity index (χ0) is 24.1. The molecule has 1 amide bonds. The lowest BCUT2D eigenvalue weighted by atomic mass is 10.1. The van der Waals surface area contributed by atoms with Gasteiger partial charge in [-0.3, -0.25) is 4.90 Å². The van der Waals surface area contributed by atoms with E-state index in [4.69, 9.17) is 4.74 Å². The molecule has 4 rings (SSSR count). The monoisotopic (exact) mass is 482 g/mol. The number of aromatic nitrogens is 3. The van der Waals surface area contributed by atoms with E-state index in [0.29, 0.717) is 12.5 Å². The van der Waals surface area contributed by atoms with Gasteiger partial charge in [0.15, 0.2) is 5.13 Å². The molecule has 0 bridgehead atoms. The van der Waals surface area contributed by atoms with E-state index in [1.165, 1.54) is 4.90 Å². The molecule has 1 saturated heterocycles. The Morgan fingerprint density at radius 1 is 1.24 bits per heavy atom. The second-order valence-corrected chi connectivity index (χ2v) is 10.2. The van der Waals surface area contributed by atoms with Crippen LogP contribution in [0.2, 0.25) is 0 Å². The van der Waals surface area contributed by atoms with Crippen LogP contribution in [-0.4, -0.2) is 55.8 Å².